The summed E-state index contributed by atoms with van der Waals surface area (Å²) in [6.07, 6.45) is 0. The van der Waals surface area contributed by atoms with Crippen molar-refractivity contribution in [3.8, 4) is 183 Å². The maximum absolute atomic E-state index is 12.5. The lowest BCUT2D eigenvalue weighted by Gasteiger charge is -2.20. The van der Waals surface area contributed by atoms with Crippen molar-refractivity contribution >= 4 is 73.3 Å². The summed E-state index contributed by atoms with van der Waals surface area (Å²) in [6, 6.07) is 0. The van der Waals surface area contributed by atoms with Gasteiger partial charge in [-0.05, 0) is 12.4 Å². The number of furan rings is 1. The van der Waals surface area contributed by atoms with Crippen LogP contribution in [-0.4, -0.2) is 150 Å². The largest absolute Gasteiger partial charge is 0.507 e. The number of nitrogens with zero attached hydrogens (tertiary/aromatic N) is 4. The zero-order valence-corrected chi connectivity index (χ0v) is 37.0. The Balaban J connectivity index is 1.31. The van der Waals surface area contributed by atoms with E-state index in [1.807, 2.05) is 0 Å². The van der Waals surface area contributed by atoms with Crippen molar-refractivity contribution < 1.29 is 127 Å². The van der Waals surface area contributed by atoms with Gasteiger partial charge in [0.25, 0.3) is 0 Å². The third-order valence-electron chi connectivity index (χ3n) is 13.2. The highest BCUT2D eigenvalue weighted by Crippen LogP contribution is 2.64. The number of rotatable bonds is 4. The van der Waals surface area contributed by atoms with Gasteiger partial charge in [-0.15, -0.1) is 0 Å². The molecule has 76 heavy (non-hydrogen) atoms. The first-order valence-electron chi connectivity index (χ1n) is 20.8. The van der Waals surface area contributed by atoms with Crippen molar-refractivity contribution in [1.82, 2.24) is 19.4 Å². The Bertz CT molecular complexity index is 4460. The van der Waals surface area contributed by atoms with Gasteiger partial charge < -0.3 is 131 Å². The van der Waals surface area contributed by atoms with Crippen LogP contribution in [0.2, 0.25) is 0 Å². The minimum absolute atomic E-state index is 0.350. The van der Waals surface area contributed by atoms with E-state index in [0.717, 1.165) is 11.3 Å². The van der Waals surface area contributed by atoms with E-state index in [-0.39, 0.29) is 5.56 Å². The molecule has 0 saturated heterocycles. The van der Waals surface area contributed by atoms with Crippen LogP contribution in [0.4, 0.5) is 0 Å². The molecule has 0 unspecified atom stereocenters. The van der Waals surface area contributed by atoms with Crippen LogP contribution in [-0.2, 0) is 0 Å². The van der Waals surface area contributed by atoms with E-state index in [1.54, 1.807) is 0 Å². The number of phenols is 24. The van der Waals surface area contributed by atoms with E-state index in [9.17, 15) is 123 Å². The summed E-state index contributed by atoms with van der Waals surface area (Å²) in [5.74, 6) is -37.7. The Morgan fingerprint density at radius 3 is 1.11 bits per heavy atom. The summed E-state index contributed by atoms with van der Waals surface area (Å²) in [5, 5.41) is 263. The second-order valence-corrected chi connectivity index (χ2v) is 17.0. The molecule has 4 aromatic heterocycles. The van der Waals surface area contributed by atoms with E-state index in [4.69, 9.17) is 12.3 Å². The second-order valence-electron chi connectivity index (χ2n) is 17.0. The molecule has 2 radical (unpaired) electrons. The smallest absolute Gasteiger partial charge is 0.208 e. The molecule has 0 aliphatic rings. The molecule has 0 bridgehead atoms. The Morgan fingerprint density at radius 1 is 0.276 bits per heavy atom. The van der Waals surface area contributed by atoms with Gasteiger partial charge in [0.05, 0.1) is 48.9 Å². The maximum Gasteiger partial charge on any atom is 0.208 e. The van der Waals surface area contributed by atoms with Crippen LogP contribution < -0.4 is 5.46 Å². The molecule has 0 amide bonds. The third-order valence-corrected chi connectivity index (χ3v) is 13.2. The number of aromatic nitrogens is 4. The standard InChI is InChI=1S/C46H27BN4O25/c1-2-18(52)25(59)10-9-21(55)4-5-16(51-15(4)7(42(9)76-43(10)19(2)53)6-17(51)32(66)39(73)34(68)23(6)57)31(65)14(47)3(20(5)54)8-22(56)11(26(60)33(67)24(8)58)44-48-45(12-27(61)35(69)40(74)36(70)28(12)62)50-46(49-44)13-29(63)37(71)41(75)38(72)30(13)64/h52-75H,1H3. The van der Waals surface area contributed by atoms with E-state index >= 15 is 0 Å². The molecule has 24 N–H and O–H groups in total. The maximum atomic E-state index is 12.5. The van der Waals surface area contributed by atoms with Gasteiger partial charge in [-0.2, -0.15) is 0 Å². The fourth-order valence-electron chi connectivity index (χ4n) is 9.53. The van der Waals surface area contributed by atoms with Gasteiger partial charge in [-0.3, -0.25) is 0 Å². The van der Waals surface area contributed by atoms with Crippen LogP contribution in [0, 0.1) is 6.92 Å². The third kappa shape index (κ3) is 5.22. The van der Waals surface area contributed by atoms with E-state index in [1.165, 1.54) is 0 Å². The van der Waals surface area contributed by atoms with E-state index in [0.29, 0.717) is 0 Å². The highest BCUT2D eigenvalue weighted by Gasteiger charge is 2.39. The zero-order valence-electron chi connectivity index (χ0n) is 37.0. The van der Waals surface area contributed by atoms with Crippen molar-refractivity contribution in [1.29, 1.82) is 0 Å². The molecular formula is C46H27BN4O25. The molecule has 7 aromatic carbocycles. The van der Waals surface area contributed by atoms with Crippen molar-refractivity contribution in [2.24, 2.45) is 0 Å². The average molecular weight is 1050 g/mol. The molecular weight excluding hydrogens is 1020 g/mol. The molecule has 0 saturated carbocycles. The second kappa shape index (κ2) is 14.5. The quantitative estimate of drug-likeness (QED) is 0.0679. The number of hydrogen-bond donors (Lipinski definition) is 24. The van der Waals surface area contributed by atoms with Crippen LogP contribution in [0.5, 0.6) is 138 Å². The molecule has 0 aliphatic carbocycles. The van der Waals surface area contributed by atoms with E-state index < -0.39 is 249 Å². The molecule has 30 heteroatoms. The monoisotopic (exact) mass is 1050 g/mol. The molecule has 0 spiro atoms. The van der Waals surface area contributed by atoms with Gasteiger partial charge in [0.2, 0.25) is 51.7 Å². The molecule has 0 aliphatic heterocycles. The molecule has 11 rings (SSSR count). The Kier molecular flexibility index (Phi) is 8.94. The highest BCUT2D eigenvalue weighted by molar-refractivity contribution is 6.44. The number of benzene rings is 7. The molecule has 0 fully saturated rings. The van der Waals surface area contributed by atoms with Crippen LogP contribution >= 0.6 is 0 Å². The van der Waals surface area contributed by atoms with Gasteiger partial charge >= 0.3 is 0 Å². The number of hydrogen-bond acceptors (Lipinski definition) is 28. The van der Waals surface area contributed by atoms with E-state index in [2.05, 4.69) is 15.0 Å². The molecule has 0 atom stereocenters. The summed E-state index contributed by atoms with van der Waals surface area (Å²) in [7, 11) is 6.46. The zero-order chi connectivity index (χ0) is 55.4. The van der Waals surface area contributed by atoms with Crippen LogP contribution in [0.1, 0.15) is 5.56 Å². The SMILES string of the molecule is [B]c1c(-c2c(O)c(O)c(O)c(-c3nc(-c4c(O)c(O)c(O)c(O)c4O)nc(-c4c(O)c(O)c(O)c(O)c4O)n3)c2O)c(O)c2c3c(O)c4c(oc5c(O)c(C)c(O)c(O)c54)c4c5c(O)c(O)c(O)c(O)c5n(c2c1O)c34. The van der Waals surface area contributed by atoms with Gasteiger partial charge in [0, 0.05) is 11.1 Å². The minimum Gasteiger partial charge on any atom is -0.507 e. The van der Waals surface area contributed by atoms with Crippen molar-refractivity contribution in [2.75, 3.05) is 0 Å². The topological polar surface area (TPSA) is 542 Å². The van der Waals surface area contributed by atoms with Gasteiger partial charge in [0.1, 0.15) is 58.6 Å². The van der Waals surface area contributed by atoms with Crippen molar-refractivity contribution in [3.63, 3.8) is 0 Å². The normalized spacial score (nSPS) is 12.0. The lowest BCUT2D eigenvalue weighted by atomic mass is 9.82. The minimum atomic E-state index is -1.70. The summed E-state index contributed by atoms with van der Waals surface area (Å²) >= 11 is 0. The predicted octanol–water partition coefficient (Wildman–Crippen LogP) is 3.63. The van der Waals surface area contributed by atoms with Gasteiger partial charge in [-0.1, -0.05) is 0 Å². The Morgan fingerprint density at radius 2 is 0.618 bits per heavy atom. The van der Waals surface area contributed by atoms with Crippen molar-refractivity contribution in [3.05, 3.63) is 5.56 Å². The van der Waals surface area contributed by atoms with Crippen LogP contribution in [0.3, 0.4) is 0 Å². The van der Waals surface area contributed by atoms with Gasteiger partial charge in [-0.25, -0.2) is 15.0 Å². The number of aromatic hydroxyl groups is 24. The fourth-order valence-corrected chi connectivity index (χ4v) is 9.53. The lowest BCUT2D eigenvalue weighted by Crippen LogP contribution is -2.10. The number of phenolic OH excluding ortho intramolecular Hbond substituents is 24. The van der Waals surface area contributed by atoms with Crippen LogP contribution in [0.15, 0.2) is 4.42 Å². The van der Waals surface area contributed by atoms with Crippen molar-refractivity contribution in [2.45, 2.75) is 6.92 Å². The van der Waals surface area contributed by atoms with Crippen LogP contribution in [0.25, 0.3) is 105 Å². The molecule has 4 heterocycles. The lowest BCUT2D eigenvalue weighted by molar-refractivity contribution is 0.329. The Labute approximate surface area is 414 Å². The molecule has 29 nitrogen and oxygen atoms in total. The summed E-state index contributed by atoms with van der Waals surface area (Å²) < 4.78 is 6.70. The fraction of sp³-hybridized carbons (Fsp3) is 0.0217. The average Bonchev–Trinajstić information content (AvgIpc) is 4.08. The molecule has 11 aromatic rings. The Hall–Kier alpha value is -11.6. The first-order valence-corrected chi connectivity index (χ1v) is 20.8. The summed E-state index contributed by atoms with van der Waals surface area (Å²) in [4.78, 5) is 11.5. The predicted molar refractivity (Wildman–Crippen MR) is 254 cm³/mol. The highest BCUT2D eigenvalue weighted by atomic mass is 16.4. The summed E-state index contributed by atoms with van der Waals surface area (Å²) in [5.41, 5.74) is -11.2. The molecule has 384 valence electrons. The summed E-state index contributed by atoms with van der Waals surface area (Å²) in [6.45, 7) is 1.15. The first kappa shape index (κ1) is 46.8. The number of fused-ring (bicyclic) bond motifs is 10. The van der Waals surface area contributed by atoms with Gasteiger partial charge in [0.15, 0.2) is 86.3 Å². The first-order chi connectivity index (χ1) is 35.6.